The highest BCUT2D eigenvalue weighted by Gasteiger charge is 2.49. The Morgan fingerprint density at radius 1 is 1.33 bits per heavy atom. The van der Waals surface area contributed by atoms with Gasteiger partial charge < -0.3 is 15.0 Å². The van der Waals surface area contributed by atoms with Gasteiger partial charge in [0.05, 0.1) is 37.3 Å². The molecule has 1 saturated heterocycles. The molecule has 0 unspecified atom stereocenters. The van der Waals surface area contributed by atoms with E-state index in [9.17, 15) is 26.7 Å². The van der Waals surface area contributed by atoms with E-state index in [1.807, 2.05) is 0 Å². The Labute approximate surface area is 169 Å². The summed E-state index contributed by atoms with van der Waals surface area (Å²) >= 11 is 0. The van der Waals surface area contributed by atoms with Gasteiger partial charge in [-0.2, -0.15) is 18.3 Å². The van der Waals surface area contributed by atoms with Crippen LogP contribution in [-0.2, 0) is 17.7 Å². The van der Waals surface area contributed by atoms with E-state index in [1.165, 1.54) is 17.6 Å². The smallest absolute Gasteiger partial charge is 0.363 e. The fraction of sp³-hybridized carbons (Fsp3) is 0.611. The minimum absolute atomic E-state index is 0.0770. The molecule has 3 heterocycles. The molecule has 3 rings (SSSR count). The maximum Gasteiger partial charge on any atom is 0.416 e. The van der Waals surface area contributed by atoms with Gasteiger partial charge in [0.25, 0.3) is 5.92 Å². The van der Waals surface area contributed by atoms with Crippen molar-refractivity contribution in [2.45, 2.75) is 57.5 Å². The molecule has 2 aromatic rings. The number of fused-ring (bicyclic) bond motifs is 1. The van der Waals surface area contributed by atoms with Gasteiger partial charge in [-0.25, -0.2) is 23.1 Å². The summed E-state index contributed by atoms with van der Waals surface area (Å²) in [4.78, 5) is 17.1. The Morgan fingerprint density at radius 2 is 2.03 bits per heavy atom. The van der Waals surface area contributed by atoms with Crippen molar-refractivity contribution in [2.75, 3.05) is 13.1 Å². The predicted molar refractivity (Wildman–Crippen MR) is 96.1 cm³/mol. The Morgan fingerprint density at radius 3 is 2.70 bits per heavy atom. The number of nitrogens with zero attached hydrogens (tertiary/aromatic N) is 4. The summed E-state index contributed by atoms with van der Waals surface area (Å²) in [5.41, 5.74) is -0.954. The van der Waals surface area contributed by atoms with Crippen molar-refractivity contribution >= 4 is 11.7 Å². The molecule has 0 radical (unpaired) electrons. The van der Waals surface area contributed by atoms with Crippen LogP contribution in [0, 0.1) is 0 Å². The van der Waals surface area contributed by atoms with Crippen LogP contribution in [0.2, 0.25) is 0 Å². The normalized spacial score (nSPS) is 18.5. The van der Waals surface area contributed by atoms with Crippen molar-refractivity contribution in [3.05, 3.63) is 29.7 Å². The van der Waals surface area contributed by atoms with Gasteiger partial charge in [-0.1, -0.05) is 0 Å². The molecule has 1 aliphatic rings. The van der Waals surface area contributed by atoms with Crippen LogP contribution >= 0.6 is 0 Å². The van der Waals surface area contributed by atoms with Gasteiger partial charge in [-0.15, -0.1) is 0 Å². The summed E-state index contributed by atoms with van der Waals surface area (Å²) in [5.74, 6) is -3.02. The zero-order valence-corrected chi connectivity index (χ0v) is 16.6. The standard InChI is InChI=1S/C18H22F5N5O2/c1-11(30-16(2,3)18(21,22)23)4-13-8-28-14(26-13)5-12(6-25-28)7-27-10-17(19,20)9-24-15(27)29/h5-6,8,11H,4,7,9-10H2,1-3H3,(H,24,29)/t11-/m0/s1. The molecule has 1 N–H and O–H groups in total. The molecule has 1 atom stereocenters. The lowest BCUT2D eigenvalue weighted by atomic mass is 10.1. The SMILES string of the molecule is C[C@@H](Cc1cn2ncc(CN3CC(F)(F)CNC3=O)cc2n1)OC(C)(C)C(F)(F)F. The van der Waals surface area contributed by atoms with Crippen molar-refractivity contribution in [1.82, 2.24) is 24.8 Å². The zero-order chi connectivity index (χ0) is 22.3. The number of nitrogens with one attached hydrogen (secondary N) is 1. The third-order valence-electron chi connectivity index (χ3n) is 4.68. The average Bonchev–Trinajstić information content (AvgIpc) is 2.97. The zero-order valence-electron chi connectivity index (χ0n) is 16.6. The quantitative estimate of drug-likeness (QED) is 0.708. The molecule has 1 fully saturated rings. The van der Waals surface area contributed by atoms with Crippen LogP contribution in [0.4, 0.5) is 26.7 Å². The van der Waals surface area contributed by atoms with Crippen molar-refractivity contribution in [2.24, 2.45) is 0 Å². The van der Waals surface area contributed by atoms with Crippen LogP contribution in [0.25, 0.3) is 5.65 Å². The number of rotatable bonds is 6. The number of aromatic nitrogens is 3. The topological polar surface area (TPSA) is 71.8 Å². The van der Waals surface area contributed by atoms with E-state index < -0.39 is 42.9 Å². The second kappa shape index (κ2) is 7.64. The van der Waals surface area contributed by atoms with Crippen molar-refractivity contribution in [3.63, 3.8) is 0 Å². The van der Waals surface area contributed by atoms with Crippen LogP contribution in [0.1, 0.15) is 32.0 Å². The lowest BCUT2D eigenvalue weighted by Gasteiger charge is -2.32. The van der Waals surface area contributed by atoms with Gasteiger partial charge in [0, 0.05) is 13.0 Å². The fourth-order valence-corrected chi connectivity index (χ4v) is 3.13. The molecule has 12 heteroatoms. The number of alkyl halides is 5. The number of imidazole rings is 1. The molecule has 2 aromatic heterocycles. The largest absolute Gasteiger partial charge is 0.416 e. The molecule has 0 bridgehead atoms. The maximum absolute atomic E-state index is 13.5. The molecule has 30 heavy (non-hydrogen) atoms. The van der Waals surface area contributed by atoms with E-state index >= 15 is 0 Å². The molecule has 2 amide bonds. The first-order valence-corrected chi connectivity index (χ1v) is 9.24. The summed E-state index contributed by atoms with van der Waals surface area (Å²) in [6.45, 7) is 1.96. The van der Waals surface area contributed by atoms with Crippen molar-refractivity contribution in [3.8, 4) is 0 Å². The van der Waals surface area contributed by atoms with E-state index in [0.717, 1.165) is 18.7 Å². The number of hydrogen-bond donors (Lipinski definition) is 1. The van der Waals surface area contributed by atoms with Gasteiger partial charge in [0.15, 0.2) is 11.2 Å². The van der Waals surface area contributed by atoms with E-state index in [4.69, 9.17) is 4.74 Å². The summed E-state index contributed by atoms with van der Waals surface area (Å²) in [6, 6.07) is 0.991. The highest BCUT2D eigenvalue weighted by Crippen LogP contribution is 2.34. The summed E-state index contributed by atoms with van der Waals surface area (Å²) < 4.78 is 72.6. The minimum Gasteiger partial charge on any atom is -0.363 e. The maximum atomic E-state index is 13.5. The molecule has 166 valence electrons. The van der Waals surface area contributed by atoms with E-state index in [1.54, 1.807) is 12.3 Å². The van der Waals surface area contributed by atoms with Crippen molar-refractivity contribution < 1.29 is 31.5 Å². The van der Waals surface area contributed by atoms with Crippen LogP contribution in [0.3, 0.4) is 0 Å². The van der Waals surface area contributed by atoms with Gasteiger partial charge >= 0.3 is 12.2 Å². The first kappa shape index (κ1) is 22.2. The molecule has 7 nitrogen and oxygen atoms in total. The van der Waals surface area contributed by atoms with Crippen LogP contribution in [0.15, 0.2) is 18.5 Å². The summed E-state index contributed by atoms with van der Waals surface area (Å²) in [7, 11) is 0. The number of urea groups is 1. The molecule has 0 spiro atoms. The monoisotopic (exact) mass is 435 g/mol. The van der Waals surface area contributed by atoms with Crippen LogP contribution < -0.4 is 5.32 Å². The minimum atomic E-state index is -4.51. The number of carbonyl (C=O) groups excluding carboxylic acids is 1. The lowest BCUT2D eigenvalue weighted by Crippen LogP contribution is -2.56. The van der Waals surface area contributed by atoms with Gasteiger partial charge in [0.1, 0.15) is 0 Å². The third kappa shape index (κ3) is 4.97. The van der Waals surface area contributed by atoms with Gasteiger partial charge in [0.2, 0.25) is 0 Å². The Kier molecular flexibility index (Phi) is 5.65. The van der Waals surface area contributed by atoms with Gasteiger partial charge in [-0.3, -0.25) is 0 Å². The molecule has 1 aliphatic heterocycles. The fourth-order valence-electron chi connectivity index (χ4n) is 3.13. The first-order valence-electron chi connectivity index (χ1n) is 9.24. The van der Waals surface area contributed by atoms with E-state index in [2.05, 4.69) is 15.4 Å². The average molecular weight is 435 g/mol. The predicted octanol–water partition coefficient (Wildman–Crippen LogP) is 3.18. The number of hydrogen-bond acceptors (Lipinski definition) is 4. The second-order valence-corrected chi connectivity index (χ2v) is 7.91. The Hall–Kier alpha value is -2.50. The van der Waals surface area contributed by atoms with Gasteiger partial charge in [-0.05, 0) is 32.4 Å². The first-order chi connectivity index (χ1) is 13.8. The molecular weight excluding hydrogens is 413 g/mol. The number of amides is 2. The highest BCUT2D eigenvalue weighted by atomic mass is 19.4. The second-order valence-electron chi connectivity index (χ2n) is 7.91. The summed E-state index contributed by atoms with van der Waals surface area (Å²) in [5, 5.41) is 6.27. The third-order valence-corrected chi connectivity index (χ3v) is 4.68. The Bertz CT molecular complexity index is 927. The van der Waals surface area contributed by atoms with Crippen LogP contribution in [-0.4, -0.2) is 62.4 Å². The van der Waals surface area contributed by atoms with E-state index in [0.29, 0.717) is 16.9 Å². The summed E-state index contributed by atoms with van der Waals surface area (Å²) in [6.07, 6.45) is -2.16. The van der Waals surface area contributed by atoms with Crippen LogP contribution in [0.5, 0.6) is 0 Å². The van der Waals surface area contributed by atoms with Crippen molar-refractivity contribution in [1.29, 1.82) is 0 Å². The molecular formula is C18H22F5N5O2. The van der Waals surface area contributed by atoms with E-state index in [-0.39, 0.29) is 13.0 Å². The molecule has 0 aromatic carbocycles. The molecule has 0 saturated carbocycles. The lowest BCUT2D eigenvalue weighted by molar-refractivity contribution is -0.274. The molecule has 0 aliphatic carbocycles. The number of ether oxygens (including phenoxy) is 1. The number of carbonyl (C=O) groups is 1. The Balaban J connectivity index is 1.69. The number of halogens is 5. The highest BCUT2D eigenvalue weighted by molar-refractivity contribution is 5.75.